The van der Waals surface area contributed by atoms with Crippen LogP contribution in [-0.2, 0) is 6.42 Å². The van der Waals surface area contributed by atoms with Gasteiger partial charge in [0.2, 0.25) is 0 Å². The smallest absolute Gasteiger partial charge is 0.269 e. The summed E-state index contributed by atoms with van der Waals surface area (Å²) in [6.45, 7) is 9.26. The number of β-amino-alcohol motifs (C(OH)–C–C–N with tert-alkyl or cyclic N) is 1. The van der Waals surface area contributed by atoms with E-state index in [1.54, 1.807) is 12.1 Å². The lowest BCUT2D eigenvalue weighted by atomic mass is 10.1. The number of nitro benzene ring substituents is 1. The minimum Gasteiger partial charge on any atom is -0.392 e. The molecule has 1 aromatic carbocycles. The molecule has 28 heavy (non-hydrogen) atoms. The molecule has 8 heteroatoms. The lowest BCUT2D eigenvalue weighted by Crippen LogP contribution is -2.53. The number of hydrogen-bond donors (Lipinski definition) is 1. The Balaban J connectivity index is 1.86. The van der Waals surface area contributed by atoms with Gasteiger partial charge in [0.1, 0.15) is 5.82 Å². The minimum atomic E-state index is -0.410. The van der Waals surface area contributed by atoms with Crippen molar-refractivity contribution in [3.63, 3.8) is 0 Å². The van der Waals surface area contributed by atoms with Gasteiger partial charge in [-0.2, -0.15) is 0 Å². The average molecular weight is 385 g/mol. The summed E-state index contributed by atoms with van der Waals surface area (Å²) in [7, 11) is 0. The van der Waals surface area contributed by atoms with Gasteiger partial charge in [0, 0.05) is 61.7 Å². The highest BCUT2D eigenvalue weighted by Crippen LogP contribution is 2.25. The maximum Gasteiger partial charge on any atom is 0.269 e. The summed E-state index contributed by atoms with van der Waals surface area (Å²) < 4.78 is 0. The number of aliphatic hydroxyl groups is 1. The number of benzene rings is 1. The molecular weight excluding hydrogens is 358 g/mol. The summed E-state index contributed by atoms with van der Waals surface area (Å²) in [6, 6.07) is 8.64. The van der Waals surface area contributed by atoms with Crippen LogP contribution < -0.4 is 4.90 Å². The maximum absolute atomic E-state index is 10.9. The van der Waals surface area contributed by atoms with Crippen molar-refractivity contribution in [1.82, 2.24) is 14.9 Å². The summed E-state index contributed by atoms with van der Waals surface area (Å²) in [5, 5.41) is 20.5. The molecule has 2 heterocycles. The fourth-order valence-electron chi connectivity index (χ4n) is 3.59. The first kappa shape index (κ1) is 20.2. The van der Waals surface area contributed by atoms with Gasteiger partial charge < -0.3 is 10.0 Å². The fourth-order valence-corrected chi connectivity index (χ4v) is 3.59. The van der Waals surface area contributed by atoms with Crippen LogP contribution in [0.4, 0.5) is 11.5 Å². The van der Waals surface area contributed by atoms with Gasteiger partial charge in [-0.25, -0.2) is 9.97 Å². The number of aliphatic hydroxyl groups excluding tert-OH is 1. The molecule has 2 atom stereocenters. The van der Waals surface area contributed by atoms with Crippen LogP contribution in [0.15, 0.2) is 30.3 Å². The second-order valence-corrected chi connectivity index (χ2v) is 7.35. The molecule has 1 fully saturated rings. The SMILES string of the molecule is CCc1cc(N2CCN(CC(C)O)CC2C)nc(-c2ccc([N+](=O)[O-])cc2)n1. The number of nitrogens with zero attached hydrogens (tertiary/aromatic N) is 5. The van der Waals surface area contributed by atoms with Gasteiger partial charge in [-0.15, -0.1) is 0 Å². The van der Waals surface area contributed by atoms with Crippen LogP contribution in [0.1, 0.15) is 26.5 Å². The van der Waals surface area contributed by atoms with Crippen molar-refractivity contribution in [2.45, 2.75) is 39.3 Å². The summed E-state index contributed by atoms with van der Waals surface area (Å²) >= 11 is 0. The molecule has 0 aliphatic carbocycles. The zero-order valence-corrected chi connectivity index (χ0v) is 16.6. The monoisotopic (exact) mass is 385 g/mol. The predicted octanol–water partition coefficient (Wildman–Crippen LogP) is 2.51. The lowest BCUT2D eigenvalue weighted by molar-refractivity contribution is -0.384. The molecule has 2 aromatic rings. The van der Waals surface area contributed by atoms with Crippen LogP contribution in [0, 0.1) is 10.1 Å². The van der Waals surface area contributed by atoms with E-state index in [2.05, 4.69) is 28.6 Å². The standard InChI is InChI=1S/C20H27N5O3/c1-4-17-11-19(24-10-9-23(12-14(24)2)13-15(3)26)22-20(21-17)16-5-7-18(8-6-16)25(27)28/h5-8,11,14-15,26H,4,9-10,12-13H2,1-3H3. The second-order valence-electron chi connectivity index (χ2n) is 7.35. The zero-order valence-electron chi connectivity index (χ0n) is 16.6. The number of aromatic nitrogens is 2. The van der Waals surface area contributed by atoms with Crippen molar-refractivity contribution in [2.24, 2.45) is 0 Å². The molecule has 1 N–H and O–H groups in total. The van der Waals surface area contributed by atoms with E-state index in [0.717, 1.165) is 43.1 Å². The van der Waals surface area contributed by atoms with Crippen LogP contribution in [0.3, 0.4) is 0 Å². The van der Waals surface area contributed by atoms with E-state index in [1.165, 1.54) is 12.1 Å². The van der Waals surface area contributed by atoms with E-state index in [0.29, 0.717) is 12.4 Å². The molecule has 2 unspecified atom stereocenters. The summed E-state index contributed by atoms with van der Waals surface area (Å²) in [6.07, 6.45) is 0.449. The van der Waals surface area contributed by atoms with Crippen LogP contribution in [-0.4, -0.2) is 63.2 Å². The van der Waals surface area contributed by atoms with E-state index >= 15 is 0 Å². The Morgan fingerprint density at radius 3 is 2.57 bits per heavy atom. The molecule has 0 bridgehead atoms. The van der Waals surface area contributed by atoms with Crippen LogP contribution >= 0.6 is 0 Å². The van der Waals surface area contributed by atoms with Gasteiger partial charge in [0.15, 0.2) is 5.82 Å². The third kappa shape index (κ3) is 4.63. The van der Waals surface area contributed by atoms with Crippen LogP contribution in [0.25, 0.3) is 11.4 Å². The highest BCUT2D eigenvalue weighted by atomic mass is 16.6. The van der Waals surface area contributed by atoms with Crippen molar-refractivity contribution < 1.29 is 10.0 Å². The average Bonchev–Trinajstić information content (AvgIpc) is 2.67. The Morgan fingerprint density at radius 1 is 1.29 bits per heavy atom. The van der Waals surface area contributed by atoms with Gasteiger partial charge in [-0.3, -0.25) is 15.0 Å². The number of piperazine rings is 1. The Bertz CT molecular complexity index is 825. The molecule has 1 aliphatic heterocycles. The summed E-state index contributed by atoms with van der Waals surface area (Å²) in [4.78, 5) is 24.4. The van der Waals surface area contributed by atoms with E-state index in [1.807, 2.05) is 13.0 Å². The molecule has 0 spiro atoms. The van der Waals surface area contributed by atoms with Gasteiger partial charge in [-0.05, 0) is 32.4 Å². The highest BCUT2D eigenvalue weighted by Gasteiger charge is 2.26. The fraction of sp³-hybridized carbons (Fsp3) is 0.500. The predicted molar refractivity (Wildman–Crippen MR) is 108 cm³/mol. The number of rotatable bonds is 6. The van der Waals surface area contributed by atoms with Gasteiger partial charge in [0.05, 0.1) is 11.0 Å². The van der Waals surface area contributed by atoms with Crippen molar-refractivity contribution in [2.75, 3.05) is 31.1 Å². The first-order chi connectivity index (χ1) is 13.4. The number of nitro groups is 1. The normalized spacial score (nSPS) is 18.9. The molecule has 0 saturated carbocycles. The Hall–Kier alpha value is -2.58. The zero-order chi connectivity index (χ0) is 20.3. The van der Waals surface area contributed by atoms with Gasteiger partial charge >= 0.3 is 0 Å². The maximum atomic E-state index is 10.9. The number of non-ortho nitro benzene ring substituents is 1. The van der Waals surface area contributed by atoms with Gasteiger partial charge in [0.25, 0.3) is 5.69 Å². The van der Waals surface area contributed by atoms with Crippen molar-refractivity contribution in [1.29, 1.82) is 0 Å². The van der Waals surface area contributed by atoms with E-state index in [9.17, 15) is 15.2 Å². The second kappa shape index (κ2) is 8.62. The third-order valence-corrected chi connectivity index (χ3v) is 4.99. The Labute approximate surface area is 165 Å². The van der Waals surface area contributed by atoms with Crippen molar-refractivity contribution in [3.05, 3.63) is 46.1 Å². The van der Waals surface area contributed by atoms with Gasteiger partial charge in [-0.1, -0.05) is 6.92 Å². The quantitative estimate of drug-likeness (QED) is 0.603. The number of anilines is 1. The molecule has 3 rings (SSSR count). The molecule has 1 saturated heterocycles. The number of hydrogen-bond acceptors (Lipinski definition) is 7. The van der Waals surface area contributed by atoms with E-state index in [4.69, 9.17) is 4.98 Å². The molecule has 1 aromatic heterocycles. The Kier molecular flexibility index (Phi) is 6.21. The molecule has 1 aliphatic rings. The lowest BCUT2D eigenvalue weighted by Gasteiger charge is -2.41. The third-order valence-electron chi connectivity index (χ3n) is 4.99. The number of aryl methyl sites for hydroxylation is 1. The molecule has 150 valence electrons. The first-order valence-corrected chi connectivity index (χ1v) is 9.67. The molecule has 0 amide bonds. The van der Waals surface area contributed by atoms with E-state index in [-0.39, 0.29) is 17.8 Å². The minimum absolute atomic E-state index is 0.0541. The molecular formula is C20H27N5O3. The van der Waals surface area contributed by atoms with Crippen LogP contribution in [0.5, 0.6) is 0 Å². The van der Waals surface area contributed by atoms with Crippen molar-refractivity contribution in [3.8, 4) is 11.4 Å². The molecule has 0 radical (unpaired) electrons. The largest absolute Gasteiger partial charge is 0.392 e. The highest BCUT2D eigenvalue weighted by molar-refractivity contribution is 5.60. The molecule has 8 nitrogen and oxygen atoms in total. The first-order valence-electron chi connectivity index (χ1n) is 9.67. The van der Waals surface area contributed by atoms with Crippen molar-refractivity contribution >= 4 is 11.5 Å². The topological polar surface area (TPSA) is 95.6 Å². The van der Waals surface area contributed by atoms with Crippen LogP contribution in [0.2, 0.25) is 0 Å². The van der Waals surface area contributed by atoms with E-state index < -0.39 is 4.92 Å². The summed E-state index contributed by atoms with van der Waals surface area (Å²) in [5.41, 5.74) is 1.76. The Morgan fingerprint density at radius 2 is 2.00 bits per heavy atom. The summed E-state index contributed by atoms with van der Waals surface area (Å²) in [5.74, 6) is 1.47.